The number of esters is 1. The maximum absolute atomic E-state index is 11.9. The molecule has 0 heterocycles. The van der Waals surface area contributed by atoms with Gasteiger partial charge in [0.25, 0.3) is 0 Å². The van der Waals surface area contributed by atoms with E-state index in [1.54, 1.807) is 0 Å². The third kappa shape index (κ3) is 6.20. The van der Waals surface area contributed by atoms with Crippen molar-refractivity contribution in [1.29, 1.82) is 0 Å². The predicted octanol–water partition coefficient (Wildman–Crippen LogP) is 4.00. The Bertz CT molecular complexity index is 388. The minimum atomic E-state index is -0.253. The number of unbranched alkanes of at least 4 members (excludes halogenated alkanes) is 3. The van der Waals surface area contributed by atoms with Crippen molar-refractivity contribution < 1.29 is 14.3 Å². The zero-order chi connectivity index (χ0) is 14.6. The summed E-state index contributed by atoms with van der Waals surface area (Å²) in [6, 6.07) is 7.57. The maximum Gasteiger partial charge on any atom is 0.338 e. The first-order valence-corrected chi connectivity index (χ1v) is 7.62. The van der Waals surface area contributed by atoms with Crippen LogP contribution in [0.1, 0.15) is 55.5 Å². The Morgan fingerprint density at radius 3 is 2.55 bits per heavy atom. The number of ether oxygens (including phenoxy) is 2. The number of aryl methyl sites for hydroxylation is 1. The Morgan fingerprint density at radius 2 is 1.80 bits per heavy atom. The second-order valence-electron chi connectivity index (χ2n) is 4.82. The molecule has 112 valence electrons. The summed E-state index contributed by atoms with van der Waals surface area (Å²) in [4.78, 5) is 11.9. The van der Waals surface area contributed by atoms with Gasteiger partial charge >= 0.3 is 5.97 Å². The molecule has 1 aromatic carbocycles. The number of carbonyl (C=O) groups excluding carboxylic acids is 1. The molecule has 1 rings (SSSR count). The van der Waals surface area contributed by atoms with E-state index in [9.17, 15) is 4.79 Å². The van der Waals surface area contributed by atoms with E-state index in [2.05, 4.69) is 6.92 Å². The SMILES string of the molecule is CCCCCCOCCOC(=O)c1ccccc1CC. The van der Waals surface area contributed by atoms with Crippen molar-refractivity contribution in [2.75, 3.05) is 19.8 Å². The van der Waals surface area contributed by atoms with Crippen LogP contribution in [0.5, 0.6) is 0 Å². The third-order valence-electron chi connectivity index (χ3n) is 3.22. The largest absolute Gasteiger partial charge is 0.460 e. The average molecular weight is 278 g/mol. The van der Waals surface area contributed by atoms with Crippen LogP contribution in [-0.2, 0) is 15.9 Å². The molecule has 0 radical (unpaired) electrons. The number of carbonyl (C=O) groups is 1. The van der Waals surface area contributed by atoms with E-state index < -0.39 is 0 Å². The van der Waals surface area contributed by atoms with E-state index in [4.69, 9.17) is 9.47 Å². The zero-order valence-corrected chi connectivity index (χ0v) is 12.7. The first kappa shape index (κ1) is 16.7. The lowest BCUT2D eigenvalue weighted by molar-refractivity contribution is 0.0311. The van der Waals surface area contributed by atoms with Gasteiger partial charge in [0.2, 0.25) is 0 Å². The molecule has 3 nitrogen and oxygen atoms in total. The molecule has 0 aliphatic heterocycles. The molecular formula is C17H26O3. The van der Waals surface area contributed by atoms with Crippen molar-refractivity contribution in [2.45, 2.75) is 46.0 Å². The van der Waals surface area contributed by atoms with Crippen LogP contribution in [0.15, 0.2) is 24.3 Å². The maximum atomic E-state index is 11.9. The summed E-state index contributed by atoms with van der Waals surface area (Å²) in [5.74, 6) is -0.253. The molecule has 0 spiro atoms. The normalized spacial score (nSPS) is 10.5. The van der Waals surface area contributed by atoms with Crippen LogP contribution in [0.2, 0.25) is 0 Å². The first-order valence-electron chi connectivity index (χ1n) is 7.62. The second kappa shape index (κ2) is 10.4. The van der Waals surface area contributed by atoms with Crippen molar-refractivity contribution in [3.05, 3.63) is 35.4 Å². The van der Waals surface area contributed by atoms with Crippen LogP contribution in [0.25, 0.3) is 0 Å². The Hall–Kier alpha value is -1.35. The van der Waals surface area contributed by atoms with Gasteiger partial charge in [0.1, 0.15) is 6.61 Å². The Labute approximate surface area is 122 Å². The van der Waals surface area contributed by atoms with Crippen LogP contribution in [-0.4, -0.2) is 25.8 Å². The fourth-order valence-electron chi connectivity index (χ4n) is 2.03. The van der Waals surface area contributed by atoms with Gasteiger partial charge in [0, 0.05) is 6.61 Å². The van der Waals surface area contributed by atoms with E-state index >= 15 is 0 Å². The van der Waals surface area contributed by atoms with Crippen LogP contribution in [0.3, 0.4) is 0 Å². The third-order valence-corrected chi connectivity index (χ3v) is 3.22. The molecular weight excluding hydrogens is 252 g/mol. The molecule has 0 aliphatic carbocycles. The van der Waals surface area contributed by atoms with Crippen LogP contribution < -0.4 is 0 Å². The topological polar surface area (TPSA) is 35.5 Å². The summed E-state index contributed by atoms with van der Waals surface area (Å²) in [5.41, 5.74) is 1.69. The summed E-state index contributed by atoms with van der Waals surface area (Å²) in [6.07, 6.45) is 5.61. The highest BCUT2D eigenvalue weighted by Gasteiger charge is 2.10. The van der Waals surface area contributed by atoms with Gasteiger partial charge in [-0.25, -0.2) is 4.79 Å². The molecule has 0 saturated heterocycles. The molecule has 0 saturated carbocycles. The van der Waals surface area contributed by atoms with Crippen LogP contribution in [0, 0.1) is 0 Å². The van der Waals surface area contributed by atoms with E-state index in [0.29, 0.717) is 18.8 Å². The lowest BCUT2D eigenvalue weighted by Gasteiger charge is -2.08. The fourth-order valence-corrected chi connectivity index (χ4v) is 2.03. The molecule has 0 aliphatic rings. The summed E-state index contributed by atoms with van der Waals surface area (Å²) in [6.45, 7) is 5.78. The average Bonchev–Trinajstić information content (AvgIpc) is 2.49. The van der Waals surface area contributed by atoms with Gasteiger partial charge in [0.05, 0.1) is 12.2 Å². The van der Waals surface area contributed by atoms with Crippen LogP contribution in [0.4, 0.5) is 0 Å². The number of hydrogen-bond donors (Lipinski definition) is 0. The standard InChI is InChI=1S/C17H26O3/c1-3-5-6-9-12-19-13-14-20-17(18)16-11-8-7-10-15(16)4-2/h7-8,10-11H,3-6,9,12-14H2,1-2H3. The molecule has 0 atom stereocenters. The second-order valence-corrected chi connectivity index (χ2v) is 4.82. The number of rotatable bonds is 10. The van der Waals surface area contributed by atoms with Gasteiger partial charge < -0.3 is 9.47 Å². The Morgan fingerprint density at radius 1 is 1.00 bits per heavy atom. The van der Waals surface area contributed by atoms with Gasteiger partial charge in [-0.15, -0.1) is 0 Å². The minimum absolute atomic E-state index is 0.253. The summed E-state index contributed by atoms with van der Waals surface area (Å²) in [7, 11) is 0. The molecule has 0 N–H and O–H groups in total. The summed E-state index contributed by atoms with van der Waals surface area (Å²) in [5, 5.41) is 0. The first-order chi connectivity index (χ1) is 9.79. The highest BCUT2D eigenvalue weighted by molar-refractivity contribution is 5.91. The van der Waals surface area contributed by atoms with Crippen molar-refractivity contribution >= 4 is 5.97 Å². The van der Waals surface area contributed by atoms with Crippen molar-refractivity contribution in [3.8, 4) is 0 Å². The Balaban J connectivity index is 2.17. The van der Waals surface area contributed by atoms with Crippen molar-refractivity contribution in [3.63, 3.8) is 0 Å². The zero-order valence-electron chi connectivity index (χ0n) is 12.7. The molecule has 1 aromatic rings. The summed E-state index contributed by atoms with van der Waals surface area (Å²) < 4.78 is 10.7. The summed E-state index contributed by atoms with van der Waals surface area (Å²) >= 11 is 0. The highest BCUT2D eigenvalue weighted by atomic mass is 16.6. The molecule has 0 aromatic heterocycles. The van der Waals surface area contributed by atoms with Gasteiger partial charge in [-0.2, -0.15) is 0 Å². The quantitative estimate of drug-likeness (QED) is 0.479. The van der Waals surface area contributed by atoms with Crippen molar-refractivity contribution in [1.82, 2.24) is 0 Å². The molecule has 3 heteroatoms. The van der Waals surface area contributed by atoms with E-state index in [0.717, 1.165) is 25.0 Å². The molecule has 0 bridgehead atoms. The van der Waals surface area contributed by atoms with Gasteiger partial charge in [-0.1, -0.05) is 51.3 Å². The van der Waals surface area contributed by atoms with E-state index in [1.807, 2.05) is 31.2 Å². The molecule has 0 amide bonds. The minimum Gasteiger partial charge on any atom is -0.460 e. The van der Waals surface area contributed by atoms with E-state index in [-0.39, 0.29) is 5.97 Å². The molecule has 20 heavy (non-hydrogen) atoms. The monoisotopic (exact) mass is 278 g/mol. The van der Waals surface area contributed by atoms with E-state index in [1.165, 1.54) is 19.3 Å². The number of hydrogen-bond acceptors (Lipinski definition) is 3. The molecule has 0 fully saturated rings. The van der Waals surface area contributed by atoms with Gasteiger partial charge in [-0.3, -0.25) is 0 Å². The number of benzene rings is 1. The molecule has 0 unspecified atom stereocenters. The van der Waals surface area contributed by atoms with Gasteiger partial charge in [0.15, 0.2) is 0 Å². The van der Waals surface area contributed by atoms with Gasteiger partial charge in [-0.05, 0) is 24.5 Å². The fraction of sp³-hybridized carbons (Fsp3) is 0.588. The highest BCUT2D eigenvalue weighted by Crippen LogP contribution is 2.10. The Kier molecular flexibility index (Phi) is 8.72. The lowest BCUT2D eigenvalue weighted by Crippen LogP contribution is -2.12. The predicted molar refractivity (Wildman–Crippen MR) is 81.1 cm³/mol. The smallest absolute Gasteiger partial charge is 0.338 e. The van der Waals surface area contributed by atoms with Crippen molar-refractivity contribution in [2.24, 2.45) is 0 Å². The van der Waals surface area contributed by atoms with Crippen LogP contribution >= 0.6 is 0 Å². The lowest BCUT2D eigenvalue weighted by atomic mass is 10.1.